The van der Waals surface area contributed by atoms with Crippen LogP contribution in [0.1, 0.15) is 23.8 Å². The number of benzene rings is 1. The number of halogens is 1. The van der Waals surface area contributed by atoms with Gasteiger partial charge in [0.15, 0.2) is 5.69 Å². The van der Waals surface area contributed by atoms with Gasteiger partial charge >= 0.3 is 0 Å². The second kappa shape index (κ2) is 6.62. The number of rotatable bonds is 4. The van der Waals surface area contributed by atoms with E-state index >= 15 is 0 Å². The molecule has 2 aromatic heterocycles. The van der Waals surface area contributed by atoms with Crippen molar-refractivity contribution in [2.75, 3.05) is 12.3 Å². The van der Waals surface area contributed by atoms with Crippen molar-refractivity contribution in [3.05, 3.63) is 54.4 Å². The van der Waals surface area contributed by atoms with Crippen LogP contribution in [0.25, 0.3) is 21.9 Å². The molecule has 2 heterocycles. The highest BCUT2D eigenvalue weighted by Gasteiger charge is 2.16. The molecule has 0 aliphatic carbocycles. The summed E-state index contributed by atoms with van der Waals surface area (Å²) in [7, 11) is 0. The molecule has 5 nitrogen and oxygen atoms in total. The summed E-state index contributed by atoms with van der Waals surface area (Å²) in [4.78, 5) is 20.1. The van der Waals surface area contributed by atoms with Crippen molar-refractivity contribution in [2.45, 2.75) is 13.3 Å². The van der Waals surface area contributed by atoms with Crippen LogP contribution >= 0.6 is 0 Å². The number of hydrogen-bond acceptors (Lipinski definition) is 4. The summed E-state index contributed by atoms with van der Waals surface area (Å²) in [5.41, 5.74) is 7.70. The third-order valence-corrected chi connectivity index (χ3v) is 3.79. The minimum atomic E-state index is -0.423. The van der Waals surface area contributed by atoms with Crippen LogP contribution < -0.4 is 11.1 Å². The lowest BCUT2D eigenvalue weighted by atomic mass is 9.98. The van der Waals surface area contributed by atoms with Crippen molar-refractivity contribution in [1.82, 2.24) is 15.3 Å². The number of aromatic nitrogens is 2. The molecule has 1 aromatic carbocycles. The number of anilines is 1. The normalized spacial score (nSPS) is 10.8. The molecular formula is C18H17FN4O. The predicted molar refractivity (Wildman–Crippen MR) is 92.0 cm³/mol. The Morgan fingerprint density at radius 3 is 2.79 bits per heavy atom. The van der Waals surface area contributed by atoms with Crippen LogP contribution in [0.15, 0.2) is 42.9 Å². The van der Waals surface area contributed by atoms with Gasteiger partial charge in [0.2, 0.25) is 0 Å². The Morgan fingerprint density at radius 1 is 1.21 bits per heavy atom. The Bertz CT molecular complexity index is 911. The number of amides is 1. The third kappa shape index (κ3) is 2.78. The van der Waals surface area contributed by atoms with Crippen molar-refractivity contribution in [2.24, 2.45) is 0 Å². The number of fused-ring (bicyclic) bond motifs is 1. The molecule has 0 aliphatic rings. The van der Waals surface area contributed by atoms with Gasteiger partial charge in [-0.25, -0.2) is 9.37 Å². The van der Waals surface area contributed by atoms with E-state index in [-0.39, 0.29) is 17.3 Å². The first-order valence-corrected chi connectivity index (χ1v) is 7.68. The molecule has 0 bridgehead atoms. The van der Waals surface area contributed by atoms with E-state index in [0.29, 0.717) is 28.4 Å². The molecule has 1 amide bonds. The van der Waals surface area contributed by atoms with Crippen molar-refractivity contribution < 1.29 is 9.18 Å². The average molecular weight is 324 g/mol. The highest BCUT2D eigenvalue weighted by Crippen LogP contribution is 2.33. The number of nitrogens with two attached hydrogens (primary N) is 1. The summed E-state index contributed by atoms with van der Waals surface area (Å²) in [5.74, 6) is -0.731. The van der Waals surface area contributed by atoms with E-state index in [0.717, 1.165) is 12.6 Å². The Kier molecular flexibility index (Phi) is 4.37. The zero-order valence-corrected chi connectivity index (χ0v) is 13.2. The van der Waals surface area contributed by atoms with Crippen LogP contribution in [0.5, 0.6) is 0 Å². The van der Waals surface area contributed by atoms with Crippen molar-refractivity contribution in [3.8, 4) is 11.1 Å². The predicted octanol–water partition coefficient (Wildman–Crippen LogP) is 3.16. The molecule has 0 atom stereocenters. The maximum Gasteiger partial charge on any atom is 0.272 e. The van der Waals surface area contributed by atoms with Crippen LogP contribution in [-0.4, -0.2) is 22.4 Å². The van der Waals surface area contributed by atoms with Crippen molar-refractivity contribution in [1.29, 1.82) is 0 Å². The van der Waals surface area contributed by atoms with Gasteiger partial charge in [-0.2, -0.15) is 0 Å². The summed E-state index contributed by atoms with van der Waals surface area (Å²) >= 11 is 0. The van der Waals surface area contributed by atoms with E-state index in [4.69, 9.17) is 5.73 Å². The molecule has 122 valence electrons. The molecule has 6 heteroatoms. The number of pyridine rings is 2. The molecule has 24 heavy (non-hydrogen) atoms. The largest absolute Gasteiger partial charge is 0.396 e. The van der Waals surface area contributed by atoms with E-state index in [1.165, 1.54) is 6.20 Å². The third-order valence-electron chi connectivity index (χ3n) is 3.79. The van der Waals surface area contributed by atoms with Crippen molar-refractivity contribution >= 4 is 22.4 Å². The van der Waals surface area contributed by atoms with Crippen molar-refractivity contribution in [3.63, 3.8) is 0 Å². The first kappa shape index (κ1) is 15.9. The van der Waals surface area contributed by atoms with Gasteiger partial charge in [0, 0.05) is 35.3 Å². The fourth-order valence-electron chi connectivity index (χ4n) is 2.60. The first-order chi connectivity index (χ1) is 11.6. The Labute approximate surface area is 138 Å². The Hall–Kier alpha value is -3.02. The van der Waals surface area contributed by atoms with Crippen LogP contribution in [0.4, 0.5) is 10.1 Å². The number of carbonyl (C=O) groups excluding carboxylic acids is 1. The van der Waals surface area contributed by atoms with Crippen LogP contribution in [-0.2, 0) is 0 Å². The van der Waals surface area contributed by atoms with E-state index in [1.807, 2.05) is 6.92 Å². The summed E-state index contributed by atoms with van der Waals surface area (Å²) in [6.07, 6.45) is 5.07. The van der Waals surface area contributed by atoms with Gasteiger partial charge in [-0.15, -0.1) is 0 Å². The fourth-order valence-corrected chi connectivity index (χ4v) is 2.60. The zero-order valence-electron chi connectivity index (χ0n) is 13.2. The molecule has 0 radical (unpaired) electrons. The van der Waals surface area contributed by atoms with E-state index in [1.54, 1.807) is 30.5 Å². The molecule has 0 fully saturated rings. The summed E-state index contributed by atoms with van der Waals surface area (Å²) in [5, 5.41) is 4.11. The lowest BCUT2D eigenvalue weighted by Gasteiger charge is -2.12. The molecular weight excluding hydrogens is 307 g/mol. The van der Waals surface area contributed by atoms with Gasteiger partial charge in [-0.05, 0) is 18.1 Å². The maximum absolute atomic E-state index is 14.1. The molecule has 0 saturated carbocycles. The lowest BCUT2D eigenvalue weighted by Crippen LogP contribution is -2.26. The SMILES string of the molecule is CCCNC(=O)c1ncc2c(-c3ccncc3F)cccc2c1N. The molecule has 3 rings (SSSR count). The molecule has 3 N–H and O–H groups in total. The highest BCUT2D eigenvalue weighted by molar-refractivity contribution is 6.09. The lowest BCUT2D eigenvalue weighted by molar-refractivity contribution is 0.0950. The van der Waals surface area contributed by atoms with E-state index in [9.17, 15) is 9.18 Å². The monoisotopic (exact) mass is 324 g/mol. The van der Waals surface area contributed by atoms with Crippen LogP contribution in [0.2, 0.25) is 0 Å². The fraction of sp³-hybridized carbons (Fsp3) is 0.167. The van der Waals surface area contributed by atoms with E-state index in [2.05, 4.69) is 15.3 Å². The molecule has 0 unspecified atom stereocenters. The van der Waals surface area contributed by atoms with E-state index < -0.39 is 5.82 Å². The van der Waals surface area contributed by atoms with Crippen LogP contribution in [0.3, 0.4) is 0 Å². The minimum Gasteiger partial charge on any atom is -0.396 e. The number of nitrogen functional groups attached to an aromatic ring is 1. The summed E-state index contributed by atoms with van der Waals surface area (Å²) < 4.78 is 14.1. The van der Waals surface area contributed by atoms with Gasteiger partial charge < -0.3 is 11.1 Å². The smallest absolute Gasteiger partial charge is 0.272 e. The zero-order chi connectivity index (χ0) is 17.1. The van der Waals surface area contributed by atoms with Gasteiger partial charge in [-0.1, -0.05) is 25.1 Å². The Morgan fingerprint density at radius 2 is 2.04 bits per heavy atom. The minimum absolute atomic E-state index is 0.184. The average Bonchev–Trinajstić information content (AvgIpc) is 2.60. The molecule has 0 aliphatic heterocycles. The van der Waals surface area contributed by atoms with Crippen LogP contribution in [0, 0.1) is 5.82 Å². The second-order valence-corrected chi connectivity index (χ2v) is 5.40. The Balaban J connectivity index is 2.15. The number of hydrogen-bond donors (Lipinski definition) is 2. The van der Waals surface area contributed by atoms with Gasteiger partial charge in [0.25, 0.3) is 5.91 Å². The van der Waals surface area contributed by atoms with Gasteiger partial charge in [-0.3, -0.25) is 9.78 Å². The maximum atomic E-state index is 14.1. The van der Waals surface area contributed by atoms with Gasteiger partial charge in [0.1, 0.15) is 5.82 Å². The number of nitrogens with one attached hydrogen (secondary N) is 1. The number of nitrogens with zero attached hydrogens (tertiary/aromatic N) is 2. The quantitative estimate of drug-likeness (QED) is 0.772. The standard InChI is InChI=1S/C18H17FN4O/c1-2-7-22-18(24)17-16(20)13-5-3-4-11(14(13)9-23-17)12-6-8-21-10-15(12)19/h3-6,8-10H,2,7,20H2,1H3,(H,22,24). The first-order valence-electron chi connectivity index (χ1n) is 7.68. The molecule has 0 spiro atoms. The topological polar surface area (TPSA) is 80.9 Å². The highest BCUT2D eigenvalue weighted by atomic mass is 19.1. The molecule has 0 saturated heterocycles. The summed E-state index contributed by atoms with van der Waals surface area (Å²) in [6, 6.07) is 6.97. The molecule has 3 aromatic rings. The number of carbonyl (C=O) groups is 1. The second-order valence-electron chi connectivity index (χ2n) is 5.40. The van der Waals surface area contributed by atoms with Gasteiger partial charge in [0.05, 0.1) is 11.9 Å². The summed E-state index contributed by atoms with van der Waals surface area (Å²) in [6.45, 7) is 2.52.